The van der Waals surface area contributed by atoms with Gasteiger partial charge in [-0.1, -0.05) is 64.5 Å². The molecule has 0 aliphatic carbocycles. The SMILES string of the molecule is Cc1ccccc1S(=O)(=O)C(C)(Br)c1ccccc1. The van der Waals surface area contributed by atoms with E-state index in [1.165, 1.54) is 0 Å². The van der Waals surface area contributed by atoms with Crippen LogP contribution in [0.2, 0.25) is 0 Å². The minimum atomic E-state index is -3.51. The Morgan fingerprint density at radius 3 is 2.05 bits per heavy atom. The van der Waals surface area contributed by atoms with Gasteiger partial charge >= 0.3 is 0 Å². The van der Waals surface area contributed by atoms with Crippen LogP contribution in [-0.4, -0.2) is 8.42 Å². The molecule has 2 aromatic carbocycles. The number of aryl methyl sites for hydroxylation is 1. The maximum atomic E-state index is 12.8. The lowest BCUT2D eigenvalue weighted by molar-refractivity contribution is 0.581. The predicted octanol–water partition coefficient (Wildman–Crippen LogP) is 4.04. The van der Waals surface area contributed by atoms with Crippen molar-refractivity contribution in [2.24, 2.45) is 0 Å². The zero-order chi connectivity index (χ0) is 14.1. The summed E-state index contributed by atoms with van der Waals surface area (Å²) in [5.41, 5.74) is 1.47. The summed E-state index contributed by atoms with van der Waals surface area (Å²) in [6.07, 6.45) is 0. The van der Waals surface area contributed by atoms with Crippen molar-refractivity contribution in [1.82, 2.24) is 0 Å². The van der Waals surface area contributed by atoms with Crippen molar-refractivity contribution in [3.05, 3.63) is 65.7 Å². The van der Waals surface area contributed by atoms with Crippen molar-refractivity contribution < 1.29 is 8.42 Å². The van der Waals surface area contributed by atoms with Crippen molar-refractivity contribution >= 4 is 25.8 Å². The molecule has 0 aliphatic rings. The van der Waals surface area contributed by atoms with Crippen molar-refractivity contribution in [2.75, 3.05) is 0 Å². The van der Waals surface area contributed by atoms with Crippen molar-refractivity contribution in [2.45, 2.75) is 22.4 Å². The van der Waals surface area contributed by atoms with Gasteiger partial charge in [-0.05, 0) is 31.0 Å². The quantitative estimate of drug-likeness (QED) is 0.791. The number of alkyl halides is 1. The second kappa shape index (κ2) is 5.10. The highest BCUT2D eigenvalue weighted by Gasteiger charge is 2.40. The monoisotopic (exact) mass is 338 g/mol. The van der Waals surface area contributed by atoms with E-state index in [2.05, 4.69) is 15.9 Å². The first-order chi connectivity index (χ1) is 8.87. The first-order valence-corrected chi connectivity index (χ1v) is 8.19. The number of halogens is 1. The molecule has 2 nitrogen and oxygen atoms in total. The lowest BCUT2D eigenvalue weighted by atomic mass is 10.2. The molecule has 0 amide bonds. The molecule has 100 valence electrons. The number of hydrogen-bond acceptors (Lipinski definition) is 2. The predicted molar refractivity (Wildman–Crippen MR) is 81.1 cm³/mol. The lowest BCUT2D eigenvalue weighted by Crippen LogP contribution is -2.26. The fourth-order valence-corrected chi connectivity index (χ4v) is 4.35. The third kappa shape index (κ3) is 2.47. The van der Waals surface area contributed by atoms with Gasteiger partial charge in [-0.15, -0.1) is 0 Å². The van der Waals surface area contributed by atoms with Gasteiger partial charge in [0.15, 0.2) is 13.5 Å². The molecule has 2 aromatic rings. The number of rotatable bonds is 3. The Morgan fingerprint density at radius 1 is 0.947 bits per heavy atom. The third-order valence-corrected chi connectivity index (χ3v) is 7.20. The molecule has 0 heterocycles. The molecule has 0 bridgehead atoms. The first-order valence-electron chi connectivity index (χ1n) is 5.92. The summed E-state index contributed by atoms with van der Waals surface area (Å²) in [5, 5.41) is 0. The van der Waals surface area contributed by atoms with Crippen LogP contribution in [0.5, 0.6) is 0 Å². The fraction of sp³-hybridized carbons (Fsp3) is 0.200. The van der Waals surface area contributed by atoms with Crippen LogP contribution in [0.25, 0.3) is 0 Å². The van der Waals surface area contributed by atoms with Gasteiger partial charge in [-0.3, -0.25) is 0 Å². The van der Waals surface area contributed by atoms with E-state index in [0.717, 1.165) is 11.1 Å². The van der Waals surface area contributed by atoms with Crippen LogP contribution in [0.4, 0.5) is 0 Å². The van der Waals surface area contributed by atoms with E-state index in [9.17, 15) is 8.42 Å². The van der Waals surface area contributed by atoms with Crippen molar-refractivity contribution in [1.29, 1.82) is 0 Å². The molecule has 19 heavy (non-hydrogen) atoms. The number of benzene rings is 2. The molecule has 4 heteroatoms. The fourth-order valence-electron chi connectivity index (χ4n) is 1.96. The first kappa shape index (κ1) is 14.3. The van der Waals surface area contributed by atoms with Crippen LogP contribution in [0, 0.1) is 6.92 Å². The van der Waals surface area contributed by atoms with Gasteiger partial charge in [0.1, 0.15) is 0 Å². The second-order valence-electron chi connectivity index (χ2n) is 4.55. The highest BCUT2D eigenvalue weighted by molar-refractivity contribution is 9.11. The Morgan fingerprint density at radius 2 is 1.47 bits per heavy atom. The van der Waals surface area contributed by atoms with Crippen molar-refractivity contribution in [3.63, 3.8) is 0 Å². The van der Waals surface area contributed by atoms with Crippen molar-refractivity contribution in [3.8, 4) is 0 Å². The molecule has 0 fully saturated rings. The van der Waals surface area contributed by atoms with Gasteiger partial charge in [-0.2, -0.15) is 0 Å². The maximum Gasteiger partial charge on any atom is 0.198 e. The standard InChI is InChI=1S/C15H15BrO2S/c1-12-8-6-7-11-14(12)19(17,18)15(2,16)13-9-4-3-5-10-13/h3-11H,1-2H3. The van der Waals surface area contributed by atoms with Gasteiger partial charge in [0.2, 0.25) is 0 Å². The zero-order valence-corrected chi connectivity index (χ0v) is 13.2. The summed E-state index contributed by atoms with van der Waals surface area (Å²) in [6, 6.07) is 16.2. The van der Waals surface area contributed by atoms with E-state index in [1.807, 2.05) is 36.4 Å². The lowest BCUT2D eigenvalue weighted by Gasteiger charge is -2.24. The Hall–Kier alpha value is -1.13. The molecule has 0 aliphatic heterocycles. The smallest absolute Gasteiger partial charge is 0.198 e. The molecule has 0 radical (unpaired) electrons. The van der Waals surface area contributed by atoms with Crippen LogP contribution >= 0.6 is 15.9 Å². The summed E-state index contributed by atoms with van der Waals surface area (Å²) in [6.45, 7) is 3.48. The highest BCUT2D eigenvalue weighted by atomic mass is 79.9. The Balaban J connectivity index is 2.60. The largest absolute Gasteiger partial charge is 0.222 e. The Kier molecular flexibility index (Phi) is 3.83. The van der Waals surface area contributed by atoms with Gasteiger partial charge in [0, 0.05) is 0 Å². The topological polar surface area (TPSA) is 34.1 Å². The zero-order valence-electron chi connectivity index (χ0n) is 10.8. The summed E-state index contributed by atoms with van der Waals surface area (Å²) in [4.78, 5) is 0.359. The van der Waals surface area contributed by atoms with E-state index >= 15 is 0 Å². The molecular weight excluding hydrogens is 324 g/mol. The van der Waals surface area contributed by atoms with E-state index < -0.39 is 13.5 Å². The van der Waals surface area contributed by atoms with Gasteiger partial charge in [0.05, 0.1) is 4.90 Å². The summed E-state index contributed by atoms with van der Waals surface area (Å²) >= 11 is 3.39. The minimum absolute atomic E-state index is 0.359. The molecule has 1 unspecified atom stereocenters. The van der Waals surface area contributed by atoms with Gasteiger partial charge in [0.25, 0.3) is 0 Å². The third-order valence-electron chi connectivity index (χ3n) is 3.18. The van der Waals surface area contributed by atoms with Crippen LogP contribution in [0.15, 0.2) is 59.5 Å². The van der Waals surface area contributed by atoms with Crippen LogP contribution < -0.4 is 0 Å². The molecular formula is C15H15BrO2S. The van der Waals surface area contributed by atoms with E-state index in [-0.39, 0.29) is 0 Å². The molecule has 0 spiro atoms. The minimum Gasteiger partial charge on any atom is -0.222 e. The van der Waals surface area contributed by atoms with Crippen LogP contribution in [0.1, 0.15) is 18.1 Å². The number of hydrogen-bond donors (Lipinski definition) is 0. The van der Waals surface area contributed by atoms with Gasteiger partial charge < -0.3 is 0 Å². The van der Waals surface area contributed by atoms with E-state index in [0.29, 0.717) is 4.90 Å². The van der Waals surface area contributed by atoms with Crippen LogP contribution in [0.3, 0.4) is 0 Å². The second-order valence-corrected chi connectivity index (χ2v) is 8.93. The number of sulfone groups is 1. The summed E-state index contributed by atoms with van der Waals surface area (Å²) in [5.74, 6) is 0. The molecule has 0 saturated heterocycles. The van der Waals surface area contributed by atoms with E-state index in [4.69, 9.17) is 0 Å². The maximum absolute atomic E-state index is 12.8. The van der Waals surface area contributed by atoms with E-state index in [1.54, 1.807) is 32.0 Å². The normalized spacial score (nSPS) is 14.9. The summed E-state index contributed by atoms with van der Waals surface area (Å²) < 4.78 is 24.5. The molecule has 0 N–H and O–H groups in total. The molecule has 0 saturated carbocycles. The Labute approximate surface area is 122 Å². The Bertz CT molecular complexity index is 676. The molecule has 1 atom stereocenters. The molecule has 2 rings (SSSR count). The highest BCUT2D eigenvalue weighted by Crippen LogP contribution is 2.41. The average Bonchev–Trinajstić information content (AvgIpc) is 2.40. The van der Waals surface area contributed by atoms with Gasteiger partial charge in [-0.25, -0.2) is 8.42 Å². The molecule has 0 aromatic heterocycles. The van der Waals surface area contributed by atoms with Crippen LogP contribution in [-0.2, 0) is 13.5 Å². The average molecular weight is 339 g/mol. The summed E-state index contributed by atoms with van der Waals surface area (Å²) in [7, 11) is -3.51.